The lowest BCUT2D eigenvalue weighted by Crippen LogP contribution is -2.70. The van der Waals surface area contributed by atoms with Gasteiger partial charge in [0.25, 0.3) is 5.09 Å². The maximum absolute atomic E-state index is 17.2. The maximum atomic E-state index is 17.2. The smallest absolute Gasteiger partial charge is 0.294 e. The van der Waals surface area contributed by atoms with Crippen LogP contribution < -0.4 is 0 Å². The number of fused-ring (bicyclic) bond motifs is 5. The van der Waals surface area contributed by atoms with Crippen molar-refractivity contribution in [3.63, 3.8) is 0 Å². The van der Waals surface area contributed by atoms with Crippen molar-refractivity contribution in [2.45, 2.75) is 63.0 Å². The Bertz CT molecular complexity index is 919. The predicted octanol–water partition coefficient (Wildman–Crippen LogP) is 0.837. The summed E-state index contributed by atoms with van der Waals surface area (Å²) < 4.78 is 17.2. The number of rotatable bonds is 4. The van der Waals surface area contributed by atoms with Gasteiger partial charge in [-0.2, -0.15) is 0 Å². The van der Waals surface area contributed by atoms with Crippen molar-refractivity contribution < 1.29 is 39.2 Å². The molecule has 0 bridgehead atoms. The first kappa shape index (κ1) is 22.0. The number of nitrogens with zero attached hydrogens (tertiary/aromatic N) is 1. The molecule has 0 aromatic rings. The van der Waals surface area contributed by atoms with Gasteiger partial charge >= 0.3 is 0 Å². The number of hydrogen-bond donors (Lipinski definition) is 3. The van der Waals surface area contributed by atoms with Crippen LogP contribution in [0, 0.1) is 32.8 Å². The molecule has 0 aromatic carbocycles. The monoisotopic (exact) mass is 439 g/mol. The summed E-state index contributed by atoms with van der Waals surface area (Å²) in [7, 11) is 0. The fourth-order valence-electron chi connectivity index (χ4n) is 7.03. The van der Waals surface area contributed by atoms with Gasteiger partial charge in [-0.15, -0.1) is 10.1 Å². The number of carbonyl (C=O) groups excluding carboxylic acids is 2. The van der Waals surface area contributed by atoms with Crippen molar-refractivity contribution in [2.75, 3.05) is 6.61 Å². The molecule has 170 valence electrons. The van der Waals surface area contributed by atoms with Crippen LogP contribution in [0.1, 0.15) is 39.5 Å². The van der Waals surface area contributed by atoms with Crippen LogP contribution in [0.5, 0.6) is 0 Å². The number of Topliss-reactive ketones (excluding diaryl/α,β-unsaturated/α-hetero) is 1. The van der Waals surface area contributed by atoms with Crippen molar-refractivity contribution >= 4 is 11.6 Å². The minimum absolute atomic E-state index is 0.0992. The molecule has 0 radical (unpaired) electrons. The Morgan fingerprint density at radius 3 is 2.68 bits per heavy atom. The highest BCUT2D eigenvalue weighted by Gasteiger charge is 2.77. The summed E-state index contributed by atoms with van der Waals surface area (Å²) in [6, 6.07) is 0. The number of hydrogen-bond acceptors (Lipinski definition) is 8. The molecule has 3 N–H and O–H groups in total. The molecule has 8 atom stereocenters. The van der Waals surface area contributed by atoms with E-state index >= 15 is 4.39 Å². The maximum Gasteiger partial charge on any atom is 0.294 e. The highest BCUT2D eigenvalue weighted by molar-refractivity contribution is 6.01. The van der Waals surface area contributed by atoms with Crippen LogP contribution >= 0.6 is 0 Å². The van der Waals surface area contributed by atoms with Gasteiger partial charge in [-0.05, 0) is 50.7 Å². The van der Waals surface area contributed by atoms with E-state index in [1.807, 2.05) is 0 Å². The van der Waals surface area contributed by atoms with Crippen LogP contribution in [-0.4, -0.2) is 62.1 Å². The van der Waals surface area contributed by atoms with Crippen LogP contribution in [0.4, 0.5) is 4.39 Å². The van der Waals surface area contributed by atoms with E-state index in [-0.39, 0.29) is 18.6 Å². The summed E-state index contributed by atoms with van der Waals surface area (Å²) in [5.41, 5.74) is -7.02. The third-order valence-electron chi connectivity index (χ3n) is 8.62. The quantitative estimate of drug-likeness (QED) is 0.431. The molecule has 10 heteroatoms. The molecule has 0 saturated heterocycles. The lowest BCUT2D eigenvalue weighted by molar-refractivity contribution is -0.775. The first-order valence-corrected chi connectivity index (χ1v) is 10.3. The molecule has 3 saturated carbocycles. The molecular weight excluding hydrogens is 413 g/mol. The Hall–Kier alpha value is -2.17. The molecular formula is C21H26FNO8. The van der Waals surface area contributed by atoms with Gasteiger partial charge in [0.05, 0.1) is 6.10 Å². The highest BCUT2D eigenvalue weighted by atomic mass is 19.1. The molecule has 0 aromatic heterocycles. The highest BCUT2D eigenvalue weighted by Crippen LogP contribution is 2.70. The van der Waals surface area contributed by atoms with E-state index in [4.69, 9.17) is 4.84 Å². The van der Waals surface area contributed by atoms with E-state index < -0.39 is 70.0 Å². The number of aliphatic hydroxyl groups excluding tert-OH is 2. The third-order valence-corrected chi connectivity index (χ3v) is 8.62. The molecule has 3 fully saturated rings. The summed E-state index contributed by atoms with van der Waals surface area (Å²) in [6.45, 7) is 2.03. The van der Waals surface area contributed by atoms with E-state index in [0.717, 1.165) is 0 Å². The zero-order valence-electron chi connectivity index (χ0n) is 17.3. The molecule has 0 heterocycles. The summed E-state index contributed by atoms with van der Waals surface area (Å²) in [5.74, 6) is -2.90. The third kappa shape index (κ3) is 2.52. The number of halogens is 1. The Balaban J connectivity index is 1.89. The van der Waals surface area contributed by atoms with Crippen molar-refractivity contribution in [3.8, 4) is 0 Å². The van der Waals surface area contributed by atoms with Gasteiger partial charge in [-0.1, -0.05) is 18.6 Å². The number of ketones is 2. The Morgan fingerprint density at radius 1 is 1.39 bits per heavy atom. The second-order valence-electron chi connectivity index (χ2n) is 9.67. The second-order valence-corrected chi connectivity index (χ2v) is 9.67. The molecule has 0 amide bonds. The SMILES string of the molecule is C[C@]12C=CC(=O)C=C1CC[C@H]1[C@@H]3C[C@@H](O)[C@](O)(C(=O)CO)[C@@]3(C)C[C@H](O[N+](=O)[O-])[C@@]12F. The fourth-order valence-corrected chi connectivity index (χ4v) is 7.03. The van der Waals surface area contributed by atoms with Gasteiger partial charge in [0.1, 0.15) is 12.7 Å². The average Bonchev–Trinajstić information content (AvgIpc) is 2.90. The molecule has 4 rings (SSSR count). The lowest BCUT2D eigenvalue weighted by atomic mass is 9.44. The van der Waals surface area contributed by atoms with E-state index in [0.29, 0.717) is 12.0 Å². The van der Waals surface area contributed by atoms with Gasteiger partial charge in [0.2, 0.25) is 0 Å². The largest absolute Gasteiger partial charge is 0.390 e. The van der Waals surface area contributed by atoms with Gasteiger partial charge in [0.15, 0.2) is 22.8 Å². The van der Waals surface area contributed by atoms with E-state index in [1.165, 1.54) is 25.2 Å². The molecule has 4 aliphatic rings. The topological polar surface area (TPSA) is 147 Å². The summed E-state index contributed by atoms with van der Waals surface area (Å²) in [4.78, 5) is 40.6. The summed E-state index contributed by atoms with van der Waals surface area (Å²) in [6.07, 6.45) is 0.816. The zero-order chi connectivity index (χ0) is 23.0. The minimum atomic E-state index is -2.39. The molecule has 31 heavy (non-hydrogen) atoms. The number of alkyl halides is 1. The Morgan fingerprint density at radius 2 is 2.06 bits per heavy atom. The van der Waals surface area contributed by atoms with Crippen molar-refractivity contribution in [1.82, 2.24) is 0 Å². The van der Waals surface area contributed by atoms with E-state index in [9.17, 15) is 35.0 Å². The van der Waals surface area contributed by atoms with Crippen molar-refractivity contribution in [1.29, 1.82) is 0 Å². The molecule has 9 nitrogen and oxygen atoms in total. The standard InChI is InChI=1S/C21H26FNO8/c1-18-6-5-12(25)7-11(18)3-4-13-14-8-15(26)21(28,16(27)10-24)19(14,2)9-17(20(13,18)22)31-23(29)30/h5-7,13-15,17,24,26,28H,3-4,8-10H2,1-2H3/t13-,14-,15+,17-,18-,19-,20-,21-/m0/s1. The second kappa shape index (κ2) is 6.66. The number of allylic oxidation sites excluding steroid dienone is 4. The van der Waals surface area contributed by atoms with E-state index in [1.54, 1.807) is 6.92 Å². The Kier molecular flexibility index (Phi) is 4.74. The van der Waals surface area contributed by atoms with Crippen LogP contribution in [0.3, 0.4) is 0 Å². The number of carbonyl (C=O) groups is 2. The molecule has 4 aliphatic carbocycles. The normalized spacial score (nSPS) is 48.3. The first-order chi connectivity index (χ1) is 14.4. The minimum Gasteiger partial charge on any atom is -0.390 e. The van der Waals surface area contributed by atoms with Gasteiger partial charge in [0, 0.05) is 16.7 Å². The van der Waals surface area contributed by atoms with Gasteiger partial charge in [-0.25, -0.2) is 4.39 Å². The zero-order valence-corrected chi connectivity index (χ0v) is 17.3. The van der Waals surface area contributed by atoms with Gasteiger partial charge < -0.3 is 20.2 Å². The van der Waals surface area contributed by atoms with Gasteiger partial charge in [-0.3, -0.25) is 9.59 Å². The predicted molar refractivity (Wildman–Crippen MR) is 103 cm³/mol. The molecule has 0 aliphatic heterocycles. The fraction of sp³-hybridized carbons (Fsp3) is 0.714. The van der Waals surface area contributed by atoms with Crippen LogP contribution in [-0.2, 0) is 14.4 Å². The van der Waals surface area contributed by atoms with Crippen LogP contribution in [0.15, 0.2) is 23.8 Å². The van der Waals surface area contributed by atoms with Crippen LogP contribution in [0.25, 0.3) is 0 Å². The van der Waals surface area contributed by atoms with Crippen molar-refractivity contribution in [3.05, 3.63) is 33.9 Å². The summed E-state index contributed by atoms with van der Waals surface area (Å²) in [5, 5.41) is 41.6. The first-order valence-electron chi connectivity index (χ1n) is 10.3. The number of aliphatic hydroxyl groups is 3. The lowest BCUT2D eigenvalue weighted by Gasteiger charge is -2.62. The molecule has 0 spiro atoms. The molecule has 0 unspecified atom stereocenters. The summed E-state index contributed by atoms with van der Waals surface area (Å²) >= 11 is 0. The van der Waals surface area contributed by atoms with E-state index in [2.05, 4.69) is 0 Å². The average molecular weight is 439 g/mol. The van der Waals surface area contributed by atoms with Crippen molar-refractivity contribution in [2.24, 2.45) is 22.7 Å². The van der Waals surface area contributed by atoms with Crippen LogP contribution in [0.2, 0.25) is 0 Å². The Labute approximate surface area is 177 Å².